The van der Waals surface area contributed by atoms with Crippen molar-refractivity contribution in [3.63, 3.8) is 0 Å². The van der Waals surface area contributed by atoms with E-state index in [0.717, 1.165) is 12.8 Å². The van der Waals surface area contributed by atoms with Gasteiger partial charge in [-0.1, -0.05) is 6.92 Å². The van der Waals surface area contributed by atoms with Crippen LogP contribution in [-0.4, -0.2) is 52.1 Å². The van der Waals surface area contributed by atoms with E-state index in [9.17, 15) is 15.0 Å². The van der Waals surface area contributed by atoms with Gasteiger partial charge in [0, 0.05) is 18.5 Å². The lowest BCUT2D eigenvalue weighted by atomic mass is 9.63. The van der Waals surface area contributed by atoms with E-state index in [-0.39, 0.29) is 12.7 Å². The summed E-state index contributed by atoms with van der Waals surface area (Å²) in [5, 5.41) is 21.1. The van der Waals surface area contributed by atoms with E-state index in [4.69, 9.17) is 4.74 Å². The summed E-state index contributed by atoms with van der Waals surface area (Å²) in [5.41, 5.74) is -2.01. The number of carbonyl (C=O) groups is 1. The summed E-state index contributed by atoms with van der Waals surface area (Å²) in [7, 11) is 0. The van der Waals surface area contributed by atoms with Crippen LogP contribution in [0.3, 0.4) is 0 Å². The molecule has 5 nitrogen and oxygen atoms in total. The minimum absolute atomic E-state index is 0.0861. The van der Waals surface area contributed by atoms with Gasteiger partial charge in [-0.2, -0.15) is 0 Å². The van der Waals surface area contributed by atoms with E-state index in [1.165, 1.54) is 0 Å². The Balaban J connectivity index is 2.08. The first-order valence-electron chi connectivity index (χ1n) is 8.42. The molecule has 2 fully saturated rings. The second-order valence-electron chi connectivity index (χ2n) is 8.30. The minimum Gasteiger partial charge on any atom is -0.444 e. The molecule has 5 heteroatoms. The highest BCUT2D eigenvalue weighted by atomic mass is 16.6. The lowest BCUT2D eigenvalue weighted by Gasteiger charge is -2.47. The van der Waals surface area contributed by atoms with Gasteiger partial charge in [-0.15, -0.1) is 0 Å². The van der Waals surface area contributed by atoms with Gasteiger partial charge in [-0.25, -0.2) is 4.79 Å². The first-order chi connectivity index (χ1) is 10.1. The average Bonchev–Trinajstić information content (AvgIpc) is 2.87. The zero-order chi connectivity index (χ0) is 16.6. The quantitative estimate of drug-likeness (QED) is 0.822. The Morgan fingerprint density at radius 3 is 2.36 bits per heavy atom. The van der Waals surface area contributed by atoms with Gasteiger partial charge in [0.2, 0.25) is 0 Å². The van der Waals surface area contributed by atoms with Crippen LogP contribution in [0.5, 0.6) is 0 Å². The number of carbonyl (C=O) groups excluding carboxylic acids is 1. The molecule has 0 aromatic carbocycles. The second kappa shape index (κ2) is 6.00. The molecule has 0 spiro atoms. The Hall–Kier alpha value is -0.810. The maximum atomic E-state index is 12.2. The number of rotatable bonds is 2. The maximum Gasteiger partial charge on any atom is 0.410 e. The third-order valence-corrected chi connectivity index (χ3v) is 5.40. The standard InChI is InChI=1S/C17H31NO4/c1-13-5-7-17(21,8-6-13)16(12-19)9-10-18(11-16)14(20)22-15(2,3)4/h13,19,21H,5-12H2,1-4H3. The van der Waals surface area contributed by atoms with Crippen LogP contribution in [0.2, 0.25) is 0 Å². The topological polar surface area (TPSA) is 70.0 Å². The van der Waals surface area contributed by atoms with Crippen LogP contribution in [0.15, 0.2) is 0 Å². The average molecular weight is 313 g/mol. The molecule has 1 aliphatic carbocycles. The SMILES string of the molecule is CC1CCC(O)(C2(CO)CCN(C(=O)OC(C)(C)C)C2)CC1. The highest BCUT2D eigenvalue weighted by Crippen LogP contribution is 2.49. The van der Waals surface area contributed by atoms with E-state index in [1.54, 1.807) is 4.90 Å². The summed E-state index contributed by atoms with van der Waals surface area (Å²) in [6, 6.07) is 0. The maximum absolute atomic E-state index is 12.2. The summed E-state index contributed by atoms with van der Waals surface area (Å²) in [4.78, 5) is 13.9. The smallest absolute Gasteiger partial charge is 0.410 e. The molecule has 0 radical (unpaired) electrons. The van der Waals surface area contributed by atoms with Gasteiger partial charge in [0.1, 0.15) is 5.60 Å². The van der Waals surface area contributed by atoms with Gasteiger partial charge in [-0.05, 0) is 58.8 Å². The number of ether oxygens (including phenoxy) is 1. The Morgan fingerprint density at radius 1 is 1.27 bits per heavy atom. The first-order valence-corrected chi connectivity index (χ1v) is 8.42. The van der Waals surface area contributed by atoms with Gasteiger partial charge in [0.05, 0.1) is 12.2 Å². The molecule has 1 unspecified atom stereocenters. The van der Waals surface area contributed by atoms with Crippen molar-refractivity contribution in [3.8, 4) is 0 Å². The molecule has 22 heavy (non-hydrogen) atoms. The number of aliphatic hydroxyl groups is 2. The molecular formula is C17H31NO4. The fourth-order valence-corrected chi connectivity index (χ4v) is 3.78. The van der Waals surface area contributed by atoms with Gasteiger partial charge in [0.25, 0.3) is 0 Å². The molecule has 128 valence electrons. The number of hydrogen-bond acceptors (Lipinski definition) is 4. The molecule has 2 N–H and O–H groups in total. The minimum atomic E-state index is -0.870. The van der Waals surface area contributed by atoms with Gasteiger partial charge in [-0.3, -0.25) is 0 Å². The molecule has 2 aliphatic rings. The fourth-order valence-electron chi connectivity index (χ4n) is 3.78. The largest absolute Gasteiger partial charge is 0.444 e. The number of hydrogen-bond donors (Lipinski definition) is 2. The molecule has 1 heterocycles. The molecule has 0 aromatic heterocycles. The number of aliphatic hydroxyl groups excluding tert-OH is 1. The molecule has 1 saturated carbocycles. The zero-order valence-electron chi connectivity index (χ0n) is 14.4. The van der Waals surface area contributed by atoms with Crippen LogP contribution in [0.25, 0.3) is 0 Å². The molecule has 1 atom stereocenters. The van der Waals surface area contributed by atoms with Crippen LogP contribution in [-0.2, 0) is 4.74 Å². The summed E-state index contributed by atoms with van der Waals surface area (Å²) in [6.07, 6.45) is 3.65. The van der Waals surface area contributed by atoms with Crippen molar-refractivity contribution in [3.05, 3.63) is 0 Å². The molecule has 2 rings (SSSR count). The molecule has 1 aliphatic heterocycles. The normalized spacial score (nSPS) is 36.5. The van der Waals surface area contributed by atoms with Gasteiger partial charge >= 0.3 is 6.09 Å². The van der Waals surface area contributed by atoms with Crippen molar-refractivity contribution in [1.29, 1.82) is 0 Å². The van der Waals surface area contributed by atoms with Gasteiger partial charge < -0.3 is 19.8 Å². The first kappa shape index (κ1) is 17.5. The number of nitrogens with zero attached hydrogens (tertiary/aromatic N) is 1. The number of likely N-dealkylation sites (tertiary alicyclic amines) is 1. The van der Waals surface area contributed by atoms with Crippen molar-refractivity contribution >= 4 is 6.09 Å². The van der Waals surface area contributed by atoms with Crippen molar-refractivity contribution in [1.82, 2.24) is 4.90 Å². The predicted molar refractivity (Wildman–Crippen MR) is 84.5 cm³/mol. The fraction of sp³-hybridized carbons (Fsp3) is 0.941. The van der Waals surface area contributed by atoms with E-state index < -0.39 is 16.6 Å². The monoisotopic (exact) mass is 313 g/mol. The Bertz CT molecular complexity index is 409. The zero-order valence-corrected chi connectivity index (χ0v) is 14.4. The Kier molecular flexibility index (Phi) is 4.79. The lowest BCUT2D eigenvalue weighted by Crippen LogP contribution is -2.54. The highest BCUT2D eigenvalue weighted by Gasteiger charge is 2.55. The highest BCUT2D eigenvalue weighted by molar-refractivity contribution is 5.68. The number of amides is 1. The van der Waals surface area contributed by atoms with Gasteiger partial charge in [0.15, 0.2) is 0 Å². The second-order valence-corrected chi connectivity index (χ2v) is 8.30. The van der Waals surface area contributed by atoms with Crippen molar-refractivity contribution in [2.45, 2.75) is 71.0 Å². The molecule has 1 saturated heterocycles. The summed E-state index contributed by atoms with van der Waals surface area (Å²) < 4.78 is 5.42. The van der Waals surface area contributed by atoms with Crippen molar-refractivity contribution < 1.29 is 19.7 Å². The van der Waals surface area contributed by atoms with E-state index in [1.807, 2.05) is 20.8 Å². The molecule has 0 aromatic rings. The predicted octanol–water partition coefficient (Wildman–Crippen LogP) is 2.55. The third kappa shape index (κ3) is 3.40. The Labute approximate surface area is 133 Å². The molecular weight excluding hydrogens is 282 g/mol. The van der Waals surface area contributed by atoms with Crippen molar-refractivity contribution in [2.24, 2.45) is 11.3 Å². The lowest BCUT2D eigenvalue weighted by molar-refractivity contribution is -0.130. The summed E-state index contributed by atoms with van der Waals surface area (Å²) in [5.74, 6) is 0.624. The summed E-state index contributed by atoms with van der Waals surface area (Å²) in [6.45, 7) is 8.56. The summed E-state index contributed by atoms with van der Waals surface area (Å²) >= 11 is 0. The van der Waals surface area contributed by atoms with Crippen LogP contribution in [0, 0.1) is 11.3 Å². The molecule has 0 bridgehead atoms. The third-order valence-electron chi connectivity index (χ3n) is 5.40. The van der Waals surface area contributed by atoms with E-state index in [2.05, 4.69) is 6.92 Å². The van der Waals surface area contributed by atoms with Crippen LogP contribution in [0.1, 0.15) is 59.8 Å². The van der Waals surface area contributed by atoms with Crippen LogP contribution in [0.4, 0.5) is 4.79 Å². The van der Waals surface area contributed by atoms with E-state index in [0.29, 0.717) is 38.3 Å². The van der Waals surface area contributed by atoms with Crippen LogP contribution >= 0.6 is 0 Å². The van der Waals surface area contributed by atoms with Crippen LogP contribution < -0.4 is 0 Å². The van der Waals surface area contributed by atoms with Crippen molar-refractivity contribution in [2.75, 3.05) is 19.7 Å². The van der Waals surface area contributed by atoms with E-state index >= 15 is 0 Å². The molecule has 1 amide bonds. The Morgan fingerprint density at radius 2 is 1.86 bits per heavy atom.